The molecule has 1 amide bonds. The van der Waals surface area contributed by atoms with Gasteiger partial charge in [-0.3, -0.25) is 9.48 Å². The van der Waals surface area contributed by atoms with E-state index in [1.165, 1.54) is 25.0 Å². The zero-order valence-corrected chi connectivity index (χ0v) is 14.4. The predicted octanol–water partition coefficient (Wildman–Crippen LogP) is 2.18. The molecule has 0 atom stereocenters. The number of piperidine rings is 1. The molecule has 2 fully saturated rings. The van der Waals surface area contributed by atoms with E-state index in [9.17, 15) is 4.79 Å². The zero-order valence-electron chi connectivity index (χ0n) is 13.5. The topological polar surface area (TPSA) is 50.2 Å². The Balaban J connectivity index is 0.00000176. The number of aryl methyl sites for hydroxylation is 1. The van der Waals surface area contributed by atoms with Gasteiger partial charge in [0.05, 0.1) is 0 Å². The minimum absolute atomic E-state index is 0. The Bertz CT molecular complexity index is 504. The van der Waals surface area contributed by atoms with Crippen LogP contribution in [0.1, 0.15) is 54.2 Å². The average Bonchev–Trinajstić information content (AvgIpc) is 3.27. The van der Waals surface area contributed by atoms with E-state index in [1.54, 1.807) is 0 Å². The van der Waals surface area contributed by atoms with E-state index < -0.39 is 0 Å². The number of carbonyl (C=O) groups is 1. The van der Waals surface area contributed by atoms with Gasteiger partial charge in [-0.15, -0.1) is 12.4 Å². The van der Waals surface area contributed by atoms with E-state index in [4.69, 9.17) is 0 Å². The molecule has 0 aromatic carbocycles. The molecule has 124 valence electrons. The number of halogens is 1. The summed E-state index contributed by atoms with van der Waals surface area (Å²) in [6.07, 6.45) is 5.94. The highest BCUT2D eigenvalue weighted by atomic mass is 35.5. The standard InChI is InChI=1S/C16H26N4O.ClH/c1-17-8-5-12-6-9-20(10-7-12)16(21)14-11-15(13-3-4-13)19(2)18-14;/h11-13,17H,3-10H2,1-2H3;1H. The molecule has 1 aromatic rings. The third kappa shape index (κ3) is 3.82. The first-order valence-corrected chi connectivity index (χ1v) is 8.17. The van der Waals surface area contributed by atoms with E-state index in [0.29, 0.717) is 11.6 Å². The van der Waals surface area contributed by atoms with Gasteiger partial charge in [-0.2, -0.15) is 5.10 Å². The molecule has 2 heterocycles. The highest BCUT2D eigenvalue weighted by molar-refractivity contribution is 5.92. The summed E-state index contributed by atoms with van der Waals surface area (Å²) in [6.45, 7) is 2.83. The maximum absolute atomic E-state index is 12.6. The summed E-state index contributed by atoms with van der Waals surface area (Å²) in [6, 6.07) is 2.01. The maximum Gasteiger partial charge on any atom is 0.274 e. The van der Waals surface area contributed by atoms with Gasteiger partial charge in [0.1, 0.15) is 0 Å². The summed E-state index contributed by atoms with van der Waals surface area (Å²) in [5.74, 6) is 1.51. The Morgan fingerprint density at radius 2 is 2.00 bits per heavy atom. The molecule has 1 aliphatic heterocycles. The van der Waals surface area contributed by atoms with E-state index >= 15 is 0 Å². The average molecular weight is 327 g/mol. The molecule has 0 radical (unpaired) electrons. The van der Waals surface area contributed by atoms with Crippen molar-refractivity contribution < 1.29 is 4.79 Å². The summed E-state index contributed by atoms with van der Waals surface area (Å²) < 4.78 is 1.89. The van der Waals surface area contributed by atoms with Crippen molar-refractivity contribution in [1.29, 1.82) is 0 Å². The predicted molar refractivity (Wildman–Crippen MR) is 89.6 cm³/mol. The molecule has 0 unspecified atom stereocenters. The lowest BCUT2D eigenvalue weighted by Gasteiger charge is -2.31. The smallest absolute Gasteiger partial charge is 0.274 e. The zero-order chi connectivity index (χ0) is 14.8. The first kappa shape index (κ1) is 17.3. The molecule has 5 nitrogen and oxygen atoms in total. The van der Waals surface area contributed by atoms with Crippen LogP contribution in [-0.2, 0) is 7.05 Å². The molecule has 1 aliphatic carbocycles. The lowest BCUT2D eigenvalue weighted by atomic mass is 9.93. The number of hydrogen-bond acceptors (Lipinski definition) is 3. The first-order chi connectivity index (χ1) is 10.2. The Morgan fingerprint density at radius 1 is 1.32 bits per heavy atom. The number of amides is 1. The summed E-state index contributed by atoms with van der Waals surface area (Å²) in [5, 5.41) is 7.64. The van der Waals surface area contributed by atoms with Crippen molar-refractivity contribution in [3.63, 3.8) is 0 Å². The summed E-state index contributed by atoms with van der Waals surface area (Å²) in [7, 11) is 3.95. The van der Waals surface area contributed by atoms with Crippen molar-refractivity contribution in [3.05, 3.63) is 17.5 Å². The number of nitrogens with one attached hydrogen (secondary N) is 1. The minimum Gasteiger partial charge on any atom is -0.337 e. The molecule has 3 rings (SSSR count). The van der Waals surface area contributed by atoms with Gasteiger partial charge in [-0.25, -0.2) is 0 Å². The number of hydrogen-bond donors (Lipinski definition) is 1. The van der Waals surface area contributed by atoms with E-state index in [1.807, 2.05) is 29.7 Å². The summed E-state index contributed by atoms with van der Waals surface area (Å²) in [5.41, 5.74) is 1.86. The van der Waals surface area contributed by atoms with Crippen LogP contribution in [0, 0.1) is 5.92 Å². The highest BCUT2D eigenvalue weighted by Crippen LogP contribution is 2.40. The number of aromatic nitrogens is 2. The van der Waals surface area contributed by atoms with Gasteiger partial charge in [0, 0.05) is 31.7 Å². The van der Waals surface area contributed by atoms with Crippen LogP contribution < -0.4 is 5.32 Å². The van der Waals surface area contributed by atoms with Crippen LogP contribution in [0.15, 0.2) is 6.07 Å². The molecule has 22 heavy (non-hydrogen) atoms. The Hall–Kier alpha value is -1.07. The highest BCUT2D eigenvalue weighted by Gasteiger charge is 2.30. The minimum atomic E-state index is 0. The van der Waals surface area contributed by atoms with E-state index in [2.05, 4.69) is 10.4 Å². The fourth-order valence-corrected chi connectivity index (χ4v) is 3.28. The van der Waals surface area contributed by atoms with Crippen molar-refractivity contribution in [2.24, 2.45) is 13.0 Å². The van der Waals surface area contributed by atoms with Crippen LogP contribution in [0.5, 0.6) is 0 Å². The van der Waals surface area contributed by atoms with E-state index in [0.717, 1.165) is 38.4 Å². The van der Waals surface area contributed by atoms with Gasteiger partial charge >= 0.3 is 0 Å². The van der Waals surface area contributed by atoms with Crippen molar-refractivity contribution in [2.45, 2.75) is 38.0 Å². The maximum atomic E-state index is 12.6. The second-order valence-corrected chi connectivity index (χ2v) is 6.48. The number of carbonyl (C=O) groups excluding carboxylic acids is 1. The van der Waals surface area contributed by atoms with Gasteiger partial charge in [0.25, 0.3) is 5.91 Å². The summed E-state index contributed by atoms with van der Waals surface area (Å²) in [4.78, 5) is 14.5. The molecule has 1 N–H and O–H groups in total. The Morgan fingerprint density at radius 3 is 2.59 bits per heavy atom. The van der Waals surface area contributed by atoms with Crippen molar-refractivity contribution >= 4 is 18.3 Å². The molecule has 1 saturated heterocycles. The molecule has 1 saturated carbocycles. The van der Waals surface area contributed by atoms with Crippen LogP contribution >= 0.6 is 12.4 Å². The number of nitrogens with zero attached hydrogens (tertiary/aromatic N) is 3. The van der Waals surface area contributed by atoms with Crippen LogP contribution in [-0.4, -0.2) is 47.3 Å². The third-order valence-electron chi connectivity index (χ3n) is 4.84. The fraction of sp³-hybridized carbons (Fsp3) is 0.750. The summed E-state index contributed by atoms with van der Waals surface area (Å²) >= 11 is 0. The van der Waals surface area contributed by atoms with E-state index in [-0.39, 0.29) is 18.3 Å². The van der Waals surface area contributed by atoms with Gasteiger partial charge < -0.3 is 10.2 Å². The molecular weight excluding hydrogens is 300 g/mol. The second kappa shape index (κ2) is 7.47. The lowest BCUT2D eigenvalue weighted by molar-refractivity contribution is 0.0680. The molecule has 0 bridgehead atoms. The molecule has 6 heteroatoms. The fourth-order valence-electron chi connectivity index (χ4n) is 3.28. The van der Waals surface area contributed by atoms with Gasteiger partial charge in [-0.1, -0.05) is 0 Å². The van der Waals surface area contributed by atoms with Crippen LogP contribution in [0.25, 0.3) is 0 Å². The molecule has 0 spiro atoms. The van der Waals surface area contributed by atoms with Gasteiger partial charge in [0.15, 0.2) is 5.69 Å². The second-order valence-electron chi connectivity index (χ2n) is 6.48. The molecular formula is C16H27ClN4O. The largest absolute Gasteiger partial charge is 0.337 e. The van der Waals surface area contributed by atoms with Crippen LogP contribution in [0.3, 0.4) is 0 Å². The number of rotatable bonds is 5. The quantitative estimate of drug-likeness (QED) is 0.902. The van der Waals surface area contributed by atoms with Crippen molar-refractivity contribution in [1.82, 2.24) is 20.0 Å². The molecule has 2 aliphatic rings. The lowest BCUT2D eigenvalue weighted by Crippen LogP contribution is -2.39. The Kier molecular flexibility index (Phi) is 5.87. The normalized spacial score (nSPS) is 19.1. The van der Waals surface area contributed by atoms with Crippen molar-refractivity contribution in [3.8, 4) is 0 Å². The number of likely N-dealkylation sites (tertiary alicyclic amines) is 1. The van der Waals surface area contributed by atoms with Crippen LogP contribution in [0.4, 0.5) is 0 Å². The van der Waals surface area contributed by atoms with Gasteiger partial charge in [0.2, 0.25) is 0 Å². The third-order valence-corrected chi connectivity index (χ3v) is 4.84. The molecule has 1 aromatic heterocycles. The van der Waals surface area contributed by atoms with Crippen LogP contribution in [0.2, 0.25) is 0 Å². The van der Waals surface area contributed by atoms with Gasteiger partial charge in [-0.05, 0) is 57.7 Å². The monoisotopic (exact) mass is 326 g/mol. The first-order valence-electron chi connectivity index (χ1n) is 8.17. The van der Waals surface area contributed by atoms with Crippen molar-refractivity contribution in [2.75, 3.05) is 26.7 Å². The Labute approximate surface area is 138 Å². The SMILES string of the molecule is CNCCC1CCN(C(=O)c2cc(C3CC3)n(C)n2)CC1.Cl.